The smallest absolute Gasteiger partial charge is 0.359 e. The minimum atomic E-state index is -0.864. The number of nitro groups is 1. The zero-order valence-corrected chi connectivity index (χ0v) is 9.79. The Morgan fingerprint density at radius 1 is 1.35 bits per heavy atom. The molecule has 0 aliphatic carbocycles. The second-order valence-corrected chi connectivity index (χ2v) is 4.57. The predicted molar refractivity (Wildman–Crippen MR) is 61.4 cm³/mol. The average molecular weight is 239 g/mol. The van der Waals surface area contributed by atoms with E-state index in [1.54, 1.807) is 26.2 Å². The van der Waals surface area contributed by atoms with Crippen molar-refractivity contribution in [1.82, 2.24) is 0 Å². The van der Waals surface area contributed by atoms with Crippen molar-refractivity contribution in [2.24, 2.45) is 0 Å². The molecule has 0 radical (unpaired) electrons. The fourth-order valence-corrected chi connectivity index (χ4v) is 1.64. The summed E-state index contributed by atoms with van der Waals surface area (Å²) in [5, 5.41) is 19.2. The summed E-state index contributed by atoms with van der Waals surface area (Å²) in [7, 11) is 3.60. The molecule has 0 bridgehead atoms. The molecule has 0 atom stereocenters. The number of carbonyl (C=O) groups is 1. The number of hydrogen-bond acceptors (Lipinski definition) is 3. The third-order valence-electron chi connectivity index (χ3n) is 2.32. The SMILES string of the molecule is C[N+](C)(CC(=O)O)Cc1ccc([N+](=O)[O-])cc1. The summed E-state index contributed by atoms with van der Waals surface area (Å²) >= 11 is 0. The zero-order valence-electron chi connectivity index (χ0n) is 9.79. The highest BCUT2D eigenvalue weighted by molar-refractivity contribution is 5.67. The van der Waals surface area contributed by atoms with Crippen LogP contribution in [0.3, 0.4) is 0 Å². The minimum Gasteiger partial charge on any atom is -0.477 e. The molecular weight excluding hydrogens is 224 g/mol. The van der Waals surface area contributed by atoms with Gasteiger partial charge >= 0.3 is 5.97 Å². The highest BCUT2D eigenvalue weighted by atomic mass is 16.6. The molecule has 1 N–H and O–H groups in total. The maximum atomic E-state index is 10.6. The third-order valence-corrected chi connectivity index (χ3v) is 2.32. The number of quaternary nitrogens is 1. The summed E-state index contributed by atoms with van der Waals surface area (Å²) in [6.45, 7) is 0.529. The van der Waals surface area contributed by atoms with Gasteiger partial charge in [-0.2, -0.15) is 0 Å². The topological polar surface area (TPSA) is 80.4 Å². The maximum absolute atomic E-state index is 10.6. The first-order chi connectivity index (χ1) is 7.80. The number of benzene rings is 1. The highest BCUT2D eigenvalue weighted by Crippen LogP contribution is 2.15. The van der Waals surface area contributed by atoms with Crippen LogP contribution in [0.15, 0.2) is 24.3 Å². The number of rotatable bonds is 5. The van der Waals surface area contributed by atoms with Crippen LogP contribution in [-0.4, -0.2) is 41.1 Å². The summed E-state index contributed by atoms with van der Waals surface area (Å²) in [5.74, 6) is -0.864. The zero-order chi connectivity index (χ0) is 13.1. The van der Waals surface area contributed by atoms with Crippen LogP contribution in [0.1, 0.15) is 5.56 Å². The Balaban J connectivity index is 2.75. The molecule has 1 aromatic rings. The fraction of sp³-hybridized carbons (Fsp3) is 0.364. The van der Waals surface area contributed by atoms with Crippen molar-refractivity contribution >= 4 is 11.7 Å². The molecule has 0 unspecified atom stereocenters. The van der Waals surface area contributed by atoms with E-state index in [9.17, 15) is 14.9 Å². The van der Waals surface area contributed by atoms with Gasteiger partial charge in [0.05, 0.1) is 19.0 Å². The number of likely N-dealkylation sites (N-methyl/N-ethyl adjacent to an activating group) is 1. The molecule has 0 heterocycles. The maximum Gasteiger partial charge on any atom is 0.359 e. The first-order valence-corrected chi connectivity index (χ1v) is 5.07. The highest BCUT2D eigenvalue weighted by Gasteiger charge is 2.20. The molecule has 0 saturated carbocycles. The van der Waals surface area contributed by atoms with Crippen LogP contribution in [0.4, 0.5) is 5.69 Å². The molecule has 92 valence electrons. The first-order valence-electron chi connectivity index (χ1n) is 5.07. The lowest BCUT2D eigenvalue weighted by atomic mass is 10.2. The van der Waals surface area contributed by atoms with Gasteiger partial charge in [-0.3, -0.25) is 10.1 Å². The van der Waals surface area contributed by atoms with E-state index < -0.39 is 10.9 Å². The van der Waals surface area contributed by atoms with Gasteiger partial charge in [-0.15, -0.1) is 0 Å². The number of hydrogen-bond donors (Lipinski definition) is 1. The van der Waals surface area contributed by atoms with E-state index in [-0.39, 0.29) is 12.2 Å². The van der Waals surface area contributed by atoms with Gasteiger partial charge in [0.25, 0.3) is 5.69 Å². The van der Waals surface area contributed by atoms with Crippen LogP contribution < -0.4 is 0 Å². The van der Waals surface area contributed by atoms with E-state index in [2.05, 4.69) is 0 Å². The third kappa shape index (κ3) is 4.20. The quantitative estimate of drug-likeness (QED) is 0.476. The molecule has 0 aliphatic heterocycles. The van der Waals surface area contributed by atoms with E-state index in [4.69, 9.17) is 5.11 Å². The number of nitrogens with zero attached hydrogens (tertiary/aromatic N) is 2. The van der Waals surface area contributed by atoms with Crippen molar-refractivity contribution < 1.29 is 19.3 Å². The molecule has 6 heteroatoms. The van der Waals surface area contributed by atoms with Gasteiger partial charge in [-0.1, -0.05) is 0 Å². The van der Waals surface area contributed by atoms with Crippen LogP contribution >= 0.6 is 0 Å². The van der Waals surface area contributed by atoms with Crippen LogP contribution in [0.25, 0.3) is 0 Å². The van der Waals surface area contributed by atoms with Gasteiger partial charge in [-0.05, 0) is 12.1 Å². The van der Waals surface area contributed by atoms with Gasteiger partial charge in [0.15, 0.2) is 6.54 Å². The number of carboxylic acid groups (broad SMARTS) is 1. The van der Waals surface area contributed by atoms with E-state index >= 15 is 0 Å². The molecule has 6 nitrogen and oxygen atoms in total. The van der Waals surface area contributed by atoms with Crippen molar-refractivity contribution in [3.05, 3.63) is 39.9 Å². The van der Waals surface area contributed by atoms with Gasteiger partial charge in [0.2, 0.25) is 0 Å². The lowest BCUT2D eigenvalue weighted by Crippen LogP contribution is -2.42. The molecule has 0 fully saturated rings. The largest absolute Gasteiger partial charge is 0.477 e. The van der Waals surface area contributed by atoms with Gasteiger partial charge in [0.1, 0.15) is 6.54 Å². The van der Waals surface area contributed by atoms with Crippen LogP contribution in [-0.2, 0) is 11.3 Å². The molecule has 0 amide bonds. The average Bonchev–Trinajstić information content (AvgIpc) is 2.15. The molecule has 17 heavy (non-hydrogen) atoms. The number of aliphatic carboxylic acids is 1. The van der Waals surface area contributed by atoms with Gasteiger partial charge < -0.3 is 9.59 Å². The van der Waals surface area contributed by atoms with Crippen LogP contribution in [0.5, 0.6) is 0 Å². The number of carboxylic acids is 1. The lowest BCUT2D eigenvalue weighted by molar-refractivity contribution is -0.896. The van der Waals surface area contributed by atoms with Gasteiger partial charge in [-0.25, -0.2) is 4.79 Å². The summed E-state index contributed by atoms with van der Waals surface area (Å²) in [4.78, 5) is 20.7. The fourth-order valence-electron chi connectivity index (χ4n) is 1.64. The second kappa shape index (κ2) is 4.92. The number of nitro benzene ring substituents is 1. The summed E-state index contributed by atoms with van der Waals surface area (Å²) in [6, 6.07) is 6.16. The van der Waals surface area contributed by atoms with Crippen molar-refractivity contribution in [1.29, 1.82) is 0 Å². The predicted octanol–water partition coefficient (Wildman–Crippen LogP) is 1.26. The summed E-state index contributed by atoms with van der Waals surface area (Å²) < 4.78 is 0.299. The van der Waals surface area contributed by atoms with E-state index in [1.165, 1.54) is 12.1 Å². The molecule has 1 rings (SSSR count). The monoisotopic (exact) mass is 239 g/mol. The Labute approximate surface area is 98.8 Å². The summed E-state index contributed by atoms with van der Waals surface area (Å²) in [6.07, 6.45) is 0. The molecule has 0 aromatic heterocycles. The molecule has 1 aromatic carbocycles. The van der Waals surface area contributed by atoms with Crippen molar-refractivity contribution in [2.45, 2.75) is 6.54 Å². The Morgan fingerprint density at radius 2 is 1.88 bits per heavy atom. The van der Waals surface area contributed by atoms with Crippen molar-refractivity contribution in [2.75, 3.05) is 20.6 Å². The first kappa shape index (κ1) is 13.1. The van der Waals surface area contributed by atoms with E-state index in [1.807, 2.05) is 0 Å². The Bertz CT molecular complexity index is 426. The van der Waals surface area contributed by atoms with Gasteiger partial charge in [0, 0.05) is 17.7 Å². The summed E-state index contributed by atoms with van der Waals surface area (Å²) in [5.41, 5.74) is 0.916. The molecule has 0 spiro atoms. The van der Waals surface area contributed by atoms with Crippen LogP contribution in [0, 0.1) is 10.1 Å². The normalized spacial score (nSPS) is 11.2. The van der Waals surface area contributed by atoms with Crippen molar-refractivity contribution in [3.63, 3.8) is 0 Å². The van der Waals surface area contributed by atoms with E-state index in [0.717, 1.165) is 5.56 Å². The Kier molecular flexibility index (Phi) is 3.80. The second-order valence-electron chi connectivity index (χ2n) is 4.57. The Hall–Kier alpha value is -1.95. The van der Waals surface area contributed by atoms with Crippen molar-refractivity contribution in [3.8, 4) is 0 Å². The molecule has 0 saturated heterocycles. The Morgan fingerprint density at radius 3 is 2.29 bits per heavy atom. The number of non-ortho nitro benzene ring substituents is 1. The van der Waals surface area contributed by atoms with Crippen LogP contribution in [0.2, 0.25) is 0 Å². The lowest BCUT2D eigenvalue weighted by Gasteiger charge is -2.27. The molecular formula is C11H15N2O4+. The van der Waals surface area contributed by atoms with E-state index in [0.29, 0.717) is 11.0 Å². The molecule has 0 aliphatic rings. The minimum absolute atomic E-state index is 0.0109. The standard InChI is InChI=1S/C11H14N2O4/c1-13(2,8-11(14)15)7-9-3-5-10(6-4-9)12(16)17/h3-6H,7-8H2,1-2H3/p+1.